The van der Waals surface area contributed by atoms with Gasteiger partial charge in [-0.1, -0.05) is 6.07 Å². The van der Waals surface area contributed by atoms with Crippen molar-refractivity contribution in [1.29, 1.82) is 5.26 Å². The standard InChI is InChI=1S/C18H19N5O/c19-11-13-2-1-3-16(10-13)24-17-6-8-20-18(22-17)21-12-15-7-9-23(15)14-4-5-14/h1-3,6,8,10,14-15H,4-5,7,9,12H2,(H,20,21,22). The Morgan fingerprint density at radius 1 is 1.29 bits per heavy atom. The number of aromatic nitrogens is 2. The molecule has 1 saturated heterocycles. The van der Waals surface area contributed by atoms with Gasteiger partial charge in [0.05, 0.1) is 11.6 Å². The monoisotopic (exact) mass is 321 g/mol. The van der Waals surface area contributed by atoms with Crippen molar-refractivity contribution >= 4 is 5.95 Å². The molecule has 1 aromatic heterocycles. The predicted octanol–water partition coefficient (Wildman–Crippen LogP) is 2.79. The first-order valence-electron chi connectivity index (χ1n) is 8.32. The van der Waals surface area contributed by atoms with Crippen LogP contribution in [0.3, 0.4) is 0 Å². The van der Waals surface area contributed by atoms with Crippen LogP contribution in [0, 0.1) is 11.3 Å². The van der Waals surface area contributed by atoms with E-state index in [0.29, 0.717) is 29.2 Å². The quantitative estimate of drug-likeness (QED) is 0.882. The van der Waals surface area contributed by atoms with E-state index in [2.05, 4.69) is 26.3 Å². The van der Waals surface area contributed by atoms with E-state index in [1.54, 1.807) is 36.5 Å². The van der Waals surface area contributed by atoms with E-state index < -0.39 is 0 Å². The predicted molar refractivity (Wildman–Crippen MR) is 89.9 cm³/mol. The number of anilines is 1. The maximum atomic E-state index is 8.94. The SMILES string of the molecule is N#Cc1cccc(Oc2ccnc(NCC3CCN3C3CC3)n2)c1. The highest BCUT2D eigenvalue weighted by Gasteiger charge is 2.39. The van der Waals surface area contributed by atoms with Crippen LogP contribution in [0.15, 0.2) is 36.5 Å². The fourth-order valence-corrected chi connectivity index (χ4v) is 3.01. The molecule has 4 rings (SSSR count). The summed E-state index contributed by atoms with van der Waals surface area (Å²) >= 11 is 0. The summed E-state index contributed by atoms with van der Waals surface area (Å²) in [6, 6.07) is 12.2. The Hall–Kier alpha value is -2.65. The van der Waals surface area contributed by atoms with Gasteiger partial charge in [0, 0.05) is 37.4 Å². The number of nitrogens with zero attached hydrogens (tertiary/aromatic N) is 4. The lowest BCUT2D eigenvalue weighted by Gasteiger charge is -2.41. The Balaban J connectivity index is 1.37. The van der Waals surface area contributed by atoms with Crippen molar-refractivity contribution in [3.8, 4) is 17.7 Å². The van der Waals surface area contributed by atoms with Crippen molar-refractivity contribution in [3.63, 3.8) is 0 Å². The third kappa shape index (κ3) is 3.31. The molecule has 1 aliphatic carbocycles. The minimum Gasteiger partial charge on any atom is -0.439 e. The molecule has 1 N–H and O–H groups in total. The molecular formula is C18H19N5O. The molecule has 1 unspecified atom stereocenters. The van der Waals surface area contributed by atoms with E-state index in [0.717, 1.165) is 12.6 Å². The topological polar surface area (TPSA) is 74.1 Å². The van der Waals surface area contributed by atoms with E-state index in [1.807, 2.05) is 0 Å². The van der Waals surface area contributed by atoms with Crippen molar-refractivity contribution in [2.75, 3.05) is 18.4 Å². The van der Waals surface area contributed by atoms with Gasteiger partial charge in [0.1, 0.15) is 5.75 Å². The van der Waals surface area contributed by atoms with Crippen LogP contribution in [0.4, 0.5) is 5.95 Å². The van der Waals surface area contributed by atoms with Gasteiger partial charge in [0.25, 0.3) is 0 Å². The molecule has 1 aromatic carbocycles. The number of rotatable bonds is 6. The molecule has 2 aliphatic rings. The summed E-state index contributed by atoms with van der Waals surface area (Å²) in [5.74, 6) is 1.64. The number of hydrogen-bond donors (Lipinski definition) is 1. The fourth-order valence-electron chi connectivity index (χ4n) is 3.01. The van der Waals surface area contributed by atoms with Crippen LogP contribution < -0.4 is 10.1 Å². The average molecular weight is 321 g/mol. The van der Waals surface area contributed by atoms with Crippen LogP contribution in [0.5, 0.6) is 11.6 Å². The lowest BCUT2D eigenvalue weighted by molar-refractivity contribution is 0.0905. The second-order valence-electron chi connectivity index (χ2n) is 6.25. The summed E-state index contributed by atoms with van der Waals surface area (Å²) < 4.78 is 5.73. The van der Waals surface area contributed by atoms with Crippen LogP contribution >= 0.6 is 0 Å². The maximum Gasteiger partial charge on any atom is 0.226 e. The van der Waals surface area contributed by atoms with Crippen molar-refractivity contribution < 1.29 is 4.74 Å². The van der Waals surface area contributed by atoms with E-state index in [-0.39, 0.29) is 0 Å². The van der Waals surface area contributed by atoms with Gasteiger partial charge in [-0.25, -0.2) is 4.98 Å². The van der Waals surface area contributed by atoms with Crippen LogP contribution in [-0.2, 0) is 0 Å². The lowest BCUT2D eigenvalue weighted by Crippen LogP contribution is -2.52. The van der Waals surface area contributed by atoms with Crippen molar-refractivity contribution in [2.24, 2.45) is 0 Å². The van der Waals surface area contributed by atoms with Gasteiger partial charge in [-0.2, -0.15) is 10.2 Å². The highest BCUT2D eigenvalue weighted by Crippen LogP contribution is 2.34. The van der Waals surface area contributed by atoms with Gasteiger partial charge in [0.2, 0.25) is 11.8 Å². The first-order chi connectivity index (χ1) is 11.8. The van der Waals surface area contributed by atoms with Gasteiger partial charge < -0.3 is 10.1 Å². The minimum atomic E-state index is 0.468. The third-order valence-electron chi connectivity index (χ3n) is 4.52. The molecule has 0 radical (unpaired) electrons. The van der Waals surface area contributed by atoms with Crippen LogP contribution in [-0.4, -0.2) is 40.0 Å². The zero-order valence-corrected chi connectivity index (χ0v) is 13.4. The van der Waals surface area contributed by atoms with Crippen molar-refractivity contribution in [1.82, 2.24) is 14.9 Å². The van der Waals surface area contributed by atoms with Crippen LogP contribution in [0.2, 0.25) is 0 Å². The molecule has 1 saturated carbocycles. The third-order valence-corrected chi connectivity index (χ3v) is 4.52. The van der Waals surface area contributed by atoms with E-state index in [1.165, 1.54) is 25.8 Å². The molecule has 0 amide bonds. The van der Waals surface area contributed by atoms with E-state index >= 15 is 0 Å². The second kappa shape index (κ2) is 6.46. The minimum absolute atomic E-state index is 0.468. The van der Waals surface area contributed by atoms with Gasteiger partial charge in [-0.15, -0.1) is 0 Å². The number of likely N-dealkylation sites (tertiary alicyclic amines) is 1. The highest BCUT2D eigenvalue weighted by atomic mass is 16.5. The Bertz CT molecular complexity index is 768. The van der Waals surface area contributed by atoms with Crippen molar-refractivity contribution in [2.45, 2.75) is 31.3 Å². The van der Waals surface area contributed by atoms with Gasteiger partial charge in [0.15, 0.2) is 0 Å². The fraction of sp³-hybridized carbons (Fsp3) is 0.389. The summed E-state index contributed by atoms with van der Waals surface area (Å²) in [5, 5.41) is 12.3. The lowest BCUT2D eigenvalue weighted by atomic mass is 10.0. The average Bonchev–Trinajstić information content (AvgIpc) is 3.39. The highest BCUT2D eigenvalue weighted by molar-refractivity contribution is 5.38. The Morgan fingerprint density at radius 3 is 2.96 bits per heavy atom. The molecule has 2 fully saturated rings. The number of hydrogen-bond acceptors (Lipinski definition) is 6. The zero-order chi connectivity index (χ0) is 16.4. The molecule has 0 spiro atoms. The number of benzene rings is 1. The van der Waals surface area contributed by atoms with Gasteiger partial charge in [-0.3, -0.25) is 4.90 Å². The Labute approximate surface area is 141 Å². The summed E-state index contributed by atoms with van der Waals surface area (Å²) in [6.07, 6.45) is 5.61. The van der Waals surface area contributed by atoms with Crippen LogP contribution in [0.1, 0.15) is 24.8 Å². The zero-order valence-electron chi connectivity index (χ0n) is 13.4. The van der Waals surface area contributed by atoms with Gasteiger partial charge in [-0.05, 0) is 37.5 Å². The first kappa shape index (κ1) is 14.9. The smallest absolute Gasteiger partial charge is 0.226 e. The Kier molecular flexibility index (Phi) is 4.01. The molecule has 24 heavy (non-hydrogen) atoms. The van der Waals surface area contributed by atoms with E-state index in [4.69, 9.17) is 10.00 Å². The molecule has 1 atom stereocenters. The largest absolute Gasteiger partial charge is 0.439 e. The second-order valence-corrected chi connectivity index (χ2v) is 6.25. The molecule has 6 nitrogen and oxygen atoms in total. The number of nitriles is 1. The molecule has 0 bridgehead atoms. The van der Waals surface area contributed by atoms with E-state index in [9.17, 15) is 0 Å². The summed E-state index contributed by atoms with van der Waals surface area (Å²) in [6.45, 7) is 2.08. The molecule has 1 aliphatic heterocycles. The normalized spacial score (nSPS) is 20.0. The molecular weight excluding hydrogens is 302 g/mol. The molecule has 2 aromatic rings. The summed E-state index contributed by atoms with van der Waals surface area (Å²) in [5.41, 5.74) is 0.560. The van der Waals surface area contributed by atoms with Crippen molar-refractivity contribution in [3.05, 3.63) is 42.1 Å². The van der Waals surface area contributed by atoms with Crippen LogP contribution in [0.25, 0.3) is 0 Å². The number of ether oxygens (including phenoxy) is 1. The Morgan fingerprint density at radius 2 is 2.21 bits per heavy atom. The number of nitrogens with one attached hydrogen (secondary N) is 1. The first-order valence-corrected chi connectivity index (χ1v) is 8.32. The maximum absolute atomic E-state index is 8.94. The molecule has 2 heterocycles. The molecule has 6 heteroatoms. The summed E-state index contributed by atoms with van der Waals surface area (Å²) in [7, 11) is 0. The molecule has 122 valence electrons. The van der Waals surface area contributed by atoms with Gasteiger partial charge >= 0.3 is 0 Å². The summed E-state index contributed by atoms with van der Waals surface area (Å²) in [4.78, 5) is 11.2.